The van der Waals surface area contributed by atoms with Crippen LogP contribution < -0.4 is 5.32 Å². The van der Waals surface area contributed by atoms with Crippen LogP contribution in [-0.4, -0.2) is 16.0 Å². The molecule has 0 fully saturated rings. The van der Waals surface area contributed by atoms with Crippen molar-refractivity contribution in [1.29, 1.82) is 5.26 Å². The molecule has 25 heavy (non-hydrogen) atoms. The molecule has 0 aliphatic heterocycles. The van der Waals surface area contributed by atoms with Gasteiger partial charge in [0.25, 0.3) is 0 Å². The third-order valence-corrected chi connectivity index (χ3v) is 3.85. The quantitative estimate of drug-likeness (QED) is 0.707. The van der Waals surface area contributed by atoms with Crippen molar-refractivity contribution in [2.75, 3.05) is 5.32 Å². The van der Waals surface area contributed by atoms with Crippen LogP contribution in [0, 0.1) is 11.3 Å². The van der Waals surface area contributed by atoms with Crippen LogP contribution in [-0.2, 0) is 0 Å². The van der Waals surface area contributed by atoms with E-state index in [2.05, 4.69) is 21.4 Å². The average molecular weight is 349 g/mol. The van der Waals surface area contributed by atoms with Crippen LogP contribution in [0.5, 0.6) is 0 Å². The van der Waals surface area contributed by atoms with E-state index in [0.29, 0.717) is 27.9 Å². The highest BCUT2D eigenvalue weighted by Crippen LogP contribution is 2.30. The Morgan fingerprint density at radius 2 is 1.64 bits per heavy atom. The van der Waals surface area contributed by atoms with Gasteiger partial charge in [0.2, 0.25) is 0 Å². The summed E-state index contributed by atoms with van der Waals surface area (Å²) in [7, 11) is 0. The predicted molar refractivity (Wildman–Crippen MR) is 101 cm³/mol. The van der Waals surface area contributed by atoms with E-state index in [4.69, 9.17) is 11.6 Å². The van der Waals surface area contributed by atoms with Crippen molar-refractivity contribution in [2.45, 2.75) is 19.9 Å². The average Bonchev–Trinajstić information content (AvgIpc) is 2.62. The fourth-order valence-electron chi connectivity index (χ4n) is 2.48. The van der Waals surface area contributed by atoms with E-state index in [1.807, 2.05) is 56.3 Å². The molecular formula is C20H17ClN4. The number of halogens is 1. The molecule has 0 radical (unpaired) electrons. The monoisotopic (exact) mass is 348 g/mol. The lowest BCUT2D eigenvalue weighted by atomic mass is 10.1. The summed E-state index contributed by atoms with van der Waals surface area (Å²) in [6, 6.07) is 19.4. The van der Waals surface area contributed by atoms with E-state index >= 15 is 0 Å². The Balaban J connectivity index is 2.24. The Bertz CT molecular complexity index is 913. The molecule has 0 bridgehead atoms. The summed E-state index contributed by atoms with van der Waals surface area (Å²) >= 11 is 5.99. The van der Waals surface area contributed by atoms with E-state index in [-0.39, 0.29) is 6.04 Å². The molecule has 1 aromatic heterocycles. The number of rotatable bonds is 4. The Hall–Kier alpha value is -2.90. The number of anilines is 1. The zero-order valence-corrected chi connectivity index (χ0v) is 14.7. The lowest BCUT2D eigenvalue weighted by Crippen LogP contribution is -2.14. The van der Waals surface area contributed by atoms with Gasteiger partial charge in [0, 0.05) is 22.2 Å². The highest BCUT2D eigenvalue weighted by molar-refractivity contribution is 6.30. The number of benzene rings is 2. The SMILES string of the molecule is CC(C)Nc1nc(-c2ccccc2)nc(-c2ccc(Cl)cc2)c1C#N. The molecule has 0 aliphatic rings. The molecule has 2 aromatic carbocycles. The molecule has 5 heteroatoms. The van der Waals surface area contributed by atoms with Crippen LogP contribution in [0.25, 0.3) is 22.6 Å². The molecule has 0 spiro atoms. The minimum atomic E-state index is 0.142. The Morgan fingerprint density at radius 3 is 2.24 bits per heavy atom. The number of nitrogens with one attached hydrogen (secondary N) is 1. The summed E-state index contributed by atoms with van der Waals surface area (Å²) in [5.41, 5.74) is 2.74. The van der Waals surface area contributed by atoms with Gasteiger partial charge < -0.3 is 5.32 Å². The highest BCUT2D eigenvalue weighted by atomic mass is 35.5. The van der Waals surface area contributed by atoms with Crippen molar-refractivity contribution in [3.8, 4) is 28.7 Å². The summed E-state index contributed by atoms with van der Waals surface area (Å²) in [6.07, 6.45) is 0. The Kier molecular flexibility index (Phi) is 4.97. The second-order valence-corrected chi connectivity index (χ2v) is 6.34. The molecule has 0 saturated carbocycles. The maximum Gasteiger partial charge on any atom is 0.162 e. The van der Waals surface area contributed by atoms with E-state index < -0.39 is 0 Å². The third-order valence-electron chi connectivity index (χ3n) is 3.60. The lowest BCUT2D eigenvalue weighted by molar-refractivity contribution is 0.886. The van der Waals surface area contributed by atoms with E-state index in [1.165, 1.54) is 0 Å². The number of aromatic nitrogens is 2. The predicted octanol–water partition coefficient (Wildman–Crippen LogP) is 5.16. The largest absolute Gasteiger partial charge is 0.367 e. The normalized spacial score (nSPS) is 10.5. The van der Waals surface area contributed by atoms with Crippen molar-refractivity contribution >= 4 is 17.4 Å². The summed E-state index contributed by atoms with van der Waals surface area (Å²) < 4.78 is 0. The Labute approximate surface area is 152 Å². The molecule has 0 aliphatic carbocycles. The van der Waals surface area contributed by atoms with Crippen LogP contribution in [0.3, 0.4) is 0 Å². The molecule has 1 heterocycles. The van der Waals surface area contributed by atoms with Crippen LogP contribution in [0.2, 0.25) is 5.02 Å². The van der Waals surface area contributed by atoms with Gasteiger partial charge in [0.1, 0.15) is 17.5 Å². The first-order chi connectivity index (χ1) is 12.1. The van der Waals surface area contributed by atoms with E-state index in [9.17, 15) is 5.26 Å². The standard InChI is InChI=1S/C20H17ClN4/c1-13(2)23-20-17(12-22)18(14-8-10-16(21)11-9-14)24-19(25-20)15-6-4-3-5-7-15/h3-11,13H,1-2H3,(H,23,24,25). The van der Waals surface area contributed by atoms with Gasteiger partial charge in [0.15, 0.2) is 5.82 Å². The second-order valence-electron chi connectivity index (χ2n) is 5.90. The minimum Gasteiger partial charge on any atom is -0.367 e. The van der Waals surface area contributed by atoms with Gasteiger partial charge in [-0.15, -0.1) is 0 Å². The fraction of sp³-hybridized carbons (Fsp3) is 0.150. The minimum absolute atomic E-state index is 0.142. The van der Waals surface area contributed by atoms with Crippen molar-refractivity contribution in [1.82, 2.24) is 9.97 Å². The van der Waals surface area contributed by atoms with Gasteiger partial charge in [-0.3, -0.25) is 0 Å². The van der Waals surface area contributed by atoms with Gasteiger partial charge in [-0.2, -0.15) is 5.26 Å². The lowest BCUT2D eigenvalue weighted by Gasteiger charge is -2.15. The fourth-order valence-corrected chi connectivity index (χ4v) is 2.60. The summed E-state index contributed by atoms with van der Waals surface area (Å²) in [5, 5.41) is 13.6. The second kappa shape index (κ2) is 7.33. The molecule has 0 amide bonds. The summed E-state index contributed by atoms with van der Waals surface area (Å²) in [5.74, 6) is 1.11. The van der Waals surface area contributed by atoms with Crippen molar-refractivity contribution in [3.63, 3.8) is 0 Å². The van der Waals surface area contributed by atoms with Crippen LogP contribution in [0.4, 0.5) is 5.82 Å². The molecular weight excluding hydrogens is 332 g/mol. The smallest absolute Gasteiger partial charge is 0.162 e. The zero-order chi connectivity index (χ0) is 17.8. The van der Waals surface area contributed by atoms with Crippen LogP contribution in [0.1, 0.15) is 19.4 Å². The molecule has 1 N–H and O–H groups in total. The van der Waals surface area contributed by atoms with Gasteiger partial charge >= 0.3 is 0 Å². The van der Waals surface area contributed by atoms with Crippen molar-refractivity contribution < 1.29 is 0 Å². The summed E-state index contributed by atoms with van der Waals surface area (Å²) in [6.45, 7) is 4.01. The first-order valence-corrected chi connectivity index (χ1v) is 8.36. The van der Waals surface area contributed by atoms with Gasteiger partial charge in [-0.25, -0.2) is 9.97 Å². The first kappa shape index (κ1) is 16.9. The van der Waals surface area contributed by atoms with Crippen molar-refractivity contribution in [3.05, 3.63) is 65.2 Å². The third kappa shape index (κ3) is 3.78. The number of nitriles is 1. The zero-order valence-electron chi connectivity index (χ0n) is 14.0. The molecule has 3 rings (SSSR count). The molecule has 3 aromatic rings. The molecule has 124 valence electrons. The summed E-state index contributed by atoms with van der Waals surface area (Å²) in [4.78, 5) is 9.25. The molecule has 0 saturated heterocycles. The number of hydrogen-bond acceptors (Lipinski definition) is 4. The molecule has 4 nitrogen and oxygen atoms in total. The number of nitrogens with zero attached hydrogens (tertiary/aromatic N) is 3. The number of hydrogen-bond donors (Lipinski definition) is 1. The molecule has 0 unspecified atom stereocenters. The van der Waals surface area contributed by atoms with Crippen molar-refractivity contribution in [2.24, 2.45) is 0 Å². The maximum absolute atomic E-state index is 9.69. The van der Waals surface area contributed by atoms with Gasteiger partial charge in [0.05, 0.1) is 5.69 Å². The van der Waals surface area contributed by atoms with Gasteiger partial charge in [-0.05, 0) is 26.0 Å². The topological polar surface area (TPSA) is 61.6 Å². The van der Waals surface area contributed by atoms with E-state index in [0.717, 1.165) is 11.1 Å². The van der Waals surface area contributed by atoms with Crippen LogP contribution in [0.15, 0.2) is 54.6 Å². The maximum atomic E-state index is 9.69. The van der Waals surface area contributed by atoms with Gasteiger partial charge in [-0.1, -0.05) is 54.1 Å². The first-order valence-electron chi connectivity index (χ1n) is 7.98. The highest BCUT2D eigenvalue weighted by Gasteiger charge is 2.17. The van der Waals surface area contributed by atoms with E-state index in [1.54, 1.807) is 12.1 Å². The molecule has 0 atom stereocenters. The Morgan fingerprint density at radius 1 is 0.960 bits per heavy atom. The van der Waals surface area contributed by atoms with Crippen LogP contribution >= 0.6 is 11.6 Å².